The third-order valence-corrected chi connectivity index (χ3v) is 3.18. The number of hydrogen-bond acceptors (Lipinski definition) is 3. The number of aryl methyl sites for hydroxylation is 2. The van der Waals surface area contributed by atoms with Crippen LogP contribution in [0.2, 0.25) is 0 Å². The Labute approximate surface area is 124 Å². The first-order chi connectivity index (χ1) is 9.95. The van der Waals surface area contributed by atoms with E-state index in [0.717, 1.165) is 11.3 Å². The highest BCUT2D eigenvalue weighted by atomic mass is 16.5. The molecule has 1 unspecified atom stereocenters. The maximum atomic E-state index is 12.1. The lowest BCUT2D eigenvalue weighted by atomic mass is 10.1. The lowest BCUT2D eigenvalue weighted by Crippen LogP contribution is -2.30. The van der Waals surface area contributed by atoms with Gasteiger partial charge in [-0.15, -0.1) is 0 Å². The monoisotopic (exact) mass is 284 g/mol. The van der Waals surface area contributed by atoms with Crippen molar-refractivity contribution in [2.45, 2.75) is 26.9 Å². The number of nitrogens with one attached hydrogen (secondary N) is 1. The van der Waals surface area contributed by atoms with Gasteiger partial charge in [0.15, 0.2) is 6.10 Å². The standard InChI is InChI=1S/C17H20N2O2/c1-11-4-9-16(12(2)10-11)21-13(3)17(20)19-15-7-5-14(18)6-8-15/h4-10,13H,18H2,1-3H3,(H,19,20). The van der Waals surface area contributed by atoms with Crippen molar-refractivity contribution in [1.29, 1.82) is 0 Å². The number of hydrogen-bond donors (Lipinski definition) is 2. The fourth-order valence-electron chi connectivity index (χ4n) is 1.99. The van der Waals surface area contributed by atoms with E-state index < -0.39 is 6.10 Å². The molecule has 1 amide bonds. The van der Waals surface area contributed by atoms with Gasteiger partial charge in [0, 0.05) is 11.4 Å². The van der Waals surface area contributed by atoms with Crippen LogP contribution < -0.4 is 15.8 Å². The summed E-state index contributed by atoms with van der Waals surface area (Å²) in [6.45, 7) is 5.72. The van der Waals surface area contributed by atoms with Gasteiger partial charge in [-0.3, -0.25) is 4.79 Å². The van der Waals surface area contributed by atoms with Crippen LogP contribution in [0.4, 0.5) is 11.4 Å². The molecule has 21 heavy (non-hydrogen) atoms. The van der Waals surface area contributed by atoms with Gasteiger partial charge in [0.2, 0.25) is 0 Å². The molecule has 2 rings (SSSR count). The molecule has 0 bridgehead atoms. The van der Waals surface area contributed by atoms with E-state index in [1.54, 1.807) is 31.2 Å². The Hall–Kier alpha value is -2.49. The number of nitrogens with two attached hydrogens (primary N) is 1. The Bertz CT molecular complexity index is 636. The third-order valence-electron chi connectivity index (χ3n) is 3.18. The largest absolute Gasteiger partial charge is 0.481 e. The number of nitrogen functional groups attached to an aromatic ring is 1. The lowest BCUT2D eigenvalue weighted by molar-refractivity contribution is -0.122. The second-order valence-electron chi connectivity index (χ2n) is 5.14. The second kappa shape index (κ2) is 6.31. The van der Waals surface area contributed by atoms with Gasteiger partial charge >= 0.3 is 0 Å². The van der Waals surface area contributed by atoms with Gasteiger partial charge in [-0.2, -0.15) is 0 Å². The van der Waals surface area contributed by atoms with Crippen molar-refractivity contribution in [2.75, 3.05) is 11.1 Å². The van der Waals surface area contributed by atoms with Gasteiger partial charge in [-0.05, 0) is 56.7 Å². The minimum Gasteiger partial charge on any atom is -0.481 e. The second-order valence-corrected chi connectivity index (χ2v) is 5.14. The van der Waals surface area contributed by atoms with Crippen molar-refractivity contribution in [3.8, 4) is 5.75 Å². The van der Waals surface area contributed by atoms with Crippen LogP contribution in [0.5, 0.6) is 5.75 Å². The number of anilines is 2. The summed E-state index contributed by atoms with van der Waals surface area (Å²) >= 11 is 0. The SMILES string of the molecule is Cc1ccc(OC(C)C(=O)Nc2ccc(N)cc2)c(C)c1. The third kappa shape index (κ3) is 3.99. The molecular formula is C17H20N2O2. The smallest absolute Gasteiger partial charge is 0.265 e. The first-order valence-corrected chi connectivity index (χ1v) is 6.86. The van der Waals surface area contributed by atoms with Crippen LogP contribution in [-0.2, 0) is 4.79 Å². The summed E-state index contributed by atoms with van der Waals surface area (Å²) in [5.74, 6) is 0.528. The molecule has 0 spiro atoms. The predicted octanol–water partition coefficient (Wildman–Crippen LogP) is 3.29. The molecule has 0 aliphatic heterocycles. The fourth-order valence-corrected chi connectivity index (χ4v) is 1.99. The first-order valence-electron chi connectivity index (χ1n) is 6.86. The maximum absolute atomic E-state index is 12.1. The van der Waals surface area contributed by atoms with Gasteiger partial charge in [-0.25, -0.2) is 0 Å². The number of carbonyl (C=O) groups is 1. The molecule has 1 atom stereocenters. The number of amides is 1. The van der Waals surface area contributed by atoms with E-state index in [0.29, 0.717) is 11.4 Å². The molecule has 0 aliphatic rings. The van der Waals surface area contributed by atoms with Crippen molar-refractivity contribution < 1.29 is 9.53 Å². The Morgan fingerprint density at radius 1 is 1.14 bits per heavy atom. The first kappa shape index (κ1) is 14.9. The molecule has 4 nitrogen and oxygen atoms in total. The van der Waals surface area contributed by atoms with Gasteiger partial charge in [0.1, 0.15) is 5.75 Å². The van der Waals surface area contributed by atoms with Crippen LogP contribution in [0.3, 0.4) is 0 Å². The number of benzene rings is 2. The minimum atomic E-state index is -0.580. The Morgan fingerprint density at radius 3 is 2.43 bits per heavy atom. The van der Waals surface area contributed by atoms with Crippen LogP contribution in [0.25, 0.3) is 0 Å². The van der Waals surface area contributed by atoms with E-state index in [-0.39, 0.29) is 5.91 Å². The summed E-state index contributed by atoms with van der Waals surface area (Å²) in [6.07, 6.45) is -0.580. The lowest BCUT2D eigenvalue weighted by Gasteiger charge is -2.16. The van der Waals surface area contributed by atoms with Gasteiger partial charge in [0.25, 0.3) is 5.91 Å². The van der Waals surface area contributed by atoms with E-state index in [1.807, 2.05) is 32.0 Å². The average molecular weight is 284 g/mol. The van der Waals surface area contributed by atoms with E-state index in [2.05, 4.69) is 5.32 Å². The molecule has 110 valence electrons. The predicted molar refractivity (Wildman–Crippen MR) is 85.5 cm³/mol. The minimum absolute atomic E-state index is 0.195. The summed E-state index contributed by atoms with van der Waals surface area (Å²) in [4.78, 5) is 12.1. The molecule has 2 aromatic carbocycles. The highest BCUT2D eigenvalue weighted by molar-refractivity contribution is 5.94. The van der Waals surface area contributed by atoms with E-state index in [1.165, 1.54) is 5.56 Å². The Morgan fingerprint density at radius 2 is 1.81 bits per heavy atom. The molecule has 0 fully saturated rings. The number of rotatable bonds is 4. The van der Waals surface area contributed by atoms with Crippen molar-refractivity contribution in [2.24, 2.45) is 0 Å². The van der Waals surface area contributed by atoms with E-state index in [4.69, 9.17) is 10.5 Å². The van der Waals surface area contributed by atoms with Gasteiger partial charge in [0.05, 0.1) is 0 Å². The van der Waals surface area contributed by atoms with Gasteiger partial charge < -0.3 is 15.8 Å². The average Bonchev–Trinajstić information content (AvgIpc) is 2.44. The maximum Gasteiger partial charge on any atom is 0.265 e. The summed E-state index contributed by atoms with van der Waals surface area (Å²) < 4.78 is 5.72. The van der Waals surface area contributed by atoms with Crippen LogP contribution in [0, 0.1) is 13.8 Å². The quantitative estimate of drug-likeness (QED) is 0.847. The molecule has 2 aromatic rings. The van der Waals surface area contributed by atoms with Crippen LogP contribution >= 0.6 is 0 Å². The van der Waals surface area contributed by atoms with Crippen LogP contribution in [0.15, 0.2) is 42.5 Å². The molecule has 4 heteroatoms. The summed E-state index contributed by atoms with van der Waals surface area (Å²) in [5, 5.41) is 2.80. The topological polar surface area (TPSA) is 64.3 Å². The van der Waals surface area contributed by atoms with E-state index >= 15 is 0 Å². The molecule has 0 aromatic heterocycles. The molecule has 0 saturated carbocycles. The van der Waals surface area contributed by atoms with Gasteiger partial charge in [-0.1, -0.05) is 17.7 Å². The molecule has 0 saturated heterocycles. The highest BCUT2D eigenvalue weighted by Crippen LogP contribution is 2.20. The summed E-state index contributed by atoms with van der Waals surface area (Å²) in [7, 11) is 0. The normalized spacial score (nSPS) is 11.8. The van der Waals surface area contributed by atoms with Crippen molar-refractivity contribution in [3.05, 3.63) is 53.6 Å². The zero-order valence-corrected chi connectivity index (χ0v) is 12.5. The van der Waals surface area contributed by atoms with Crippen molar-refractivity contribution in [3.63, 3.8) is 0 Å². The molecule has 0 heterocycles. The number of carbonyl (C=O) groups excluding carboxylic acids is 1. The molecule has 3 N–H and O–H groups in total. The summed E-state index contributed by atoms with van der Waals surface area (Å²) in [6, 6.07) is 12.9. The van der Waals surface area contributed by atoms with Crippen molar-refractivity contribution in [1.82, 2.24) is 0 Å². The Kier molecular flexibility index (Phi) is 4.48. The Balaban J connectivity index is 2.00. The highest BCUT2D eigenvalue weighted by Gasteiger charge is 2.15. The fraction of sp³-hybridized carbons (Fsp3) is 0.235. The van der Waals surface area contributed by atoms with Crippen molar-refractivity contribution >= 4 is 17.3 Å². The molecule has 0 aliphatic carbocycles. The molecular weight excluding hydrogens is 264 g/mol. The molecule has 0 radical (unpaired) electrons. The van der Waals surface area contributed by atoms with Crippen LogP contribution in [0.1, 0.15) is 18.1 Å². The zero-order valence-electron chi connectivity index (χ0n) is 12.5. The summed E-state index contributed by atoms with van der Waals surface area (Å²) in [5.41, 5.74) is 9.15. The van der Waals surface area contributed by atoms with Crippen LogP contribution in [-0.4, -0.2) is 12.0 Å². The number of ether oxygens (including phenoxy) is 1. The zero-order chi connectivity index (χ0) is 15.4. The van der Waals surface area contributed by atoms with E-state index in [9.17, 15) is 4.79 Å².